The van der Waals surface area contributed by atoms with Gasteiger partial charge in [0, 0.05) is 6.42 Å². The lowest BCUT2D eigenvalue weighted by atomic mass is 10.3. The largest absolute Gasteiger partial charge is 0.345 e. The molecule has 62 valence electrons. The van der Waals surface area contributed by atoms with E-state index in [1.165, 1.54) is 6.08 Å². The zero-order valence-corrected chi connectivity index (χ0v) is 6.89. The fraction of sp³-hybridized carbons (Fsp3) is 0.500. The molecule has 0 aliphatic carbocycles. The van der Waals surface area contributed by atoms with Crippen LogP contribution in [0.5, 0.6) is 0 Å². The Morgan fingerprint density at radius 1 is 1.45 bits per heavy atom. The Labute approximate surface area is 66.5 Å². The maximum atomic E-state index is 10.7. The van der Waals surface area contributed by atoms with Crippen LogP contribution >= 0.6 is 0 Å². The molecule has 3 nitrogen and oxygen atoms in total. The van der Waals surface area contributed by atoms with Gasteiger partial charge in [-0.15, -0.1) is 0 Å². The quantitative estimate of drug-likeness (QED) is 0.606. The Morgan fingerprint density at radius 2 is 2.09 bits per heavy atom. The normalized spacial score (nSPS) is 10.0. The first kappa shape index (κ1) is 9.88. The van der Waals surface area contributed by atoms with E-state index in [9.17, 15) is 9.59 Å². The van der Waals surface area contributed by atoms with E-state index in [4.69, 9.17) is 0 Å². The number of nitrogens with one attached hydrogen (secondary N) is 1. The zero-order chi connectivity index (χ0) is 8.69. The third-order valence-corrected chi connectivity index (χ3v) is 1.17. The molecule has 0 unspecified atom stereocenters. The SMILES string of the molecule is C/C=C\C(=O)NCC(=O)CC. The molecular weight excluding hydrogens is 142 g/mol. The summed E-state index contributed by atoms with van der Waals surface area (Å²) in [5.74, 6) is -0.169. The van der Waals surface area contributed by atoms with Crippen LogP contribution in [0.4, 0.5) is 0 Å². The summed E-state index contributed by atoms with van der Waals surface area (Å²) in [6, 6.07) is 0. The number of carbonyl (C=O) groups excluding carboxylic acids is 2. The van der Waals surface area contributed by atoms with Crippen molar-refractivity contribution in [2.24, 2.45) is 0 Å². The van der Waals surface area contributed by atoms with E-state index in [-0.39, 0.29) is 18.2 Å². The van der Waals surface area contributed by atoms with Gasteiger partial charge in [0.05, 0.1) is 6.54 Å². The predicted molar refractivity (Wildman–Crippen MR) is 43.1 cm³/mol. The lowest BCUT2D eigenvalue weighted by molar-refractivity contribution is -0.122. The molecule has 0 rings (SSSR count). The van der Waals surface area contributed by atoms with Gasteiger partial charge in [-0.3, -0.25) is 9.59 Å². The molecule has 1 N–H and O–H groups in total. The first-order valence-electron chi connectivity index (χ1n) is 3.63. The number of rotatable bonds is 4. The van der Waals surface area contributed by atoms with Gasteiger partial charge in [0.2, 0.25) is 5.91 Å². The molecule has 0 fully saturated rings. The number of amides is 1. The molecule has 0 aliphatic heterocycles. The Bertz CT molecular complexity index is 173. The van der Waals surface area contributed by atoms with Gasteiger partial charge >= 0.3 is 0 Å². The van der Waals surface area contributed by atoms with Gasteiger partial charge in [-0.05, 0) is 13.0 Å². The molecule has 0 spiro atoms. The van der Waals surface area contributed by atoms with Crippen LogP contribution in [0.15, 0.2) is 12.2 Å². The molecule has 0 aliphatic rings. The molecule has 0 saturated carbocycles. The summed E-state index contributed by atoms with van der Waals surface area (Å²) in [6.45, 7) is 3.66. The minimum absolute atomic E-state index is 0.0443. The van der Waals surface area contributed by atoms with E-state index in [1.54, 1.807) is 19.9 Å². The van der Waals surface area contributed by atoms with E-state index in [0.29, 0.717) is 6.42 Å². The van der Waals surface area contributed by atoms with E-state index >= 15 is 0 Å². The highest BCUT2D eigenvalue weighted by atomic mass is 16.2. The Kier molecular flexibility index (Phi) is 5.07. The van der Waals surface area contributed by atoms with Gasteiger partial charge in [0.15, 0.2) is 5.78 Å². The van der Waals surface area contributed by atoms with Crippen molar-refractivity contribution in [1.29, 1.82) is 0 Å². The first-order chi connectivity index (χ1) is 5.20. The molecule has 0 bridgehead atoms. The van der Waals surface area contributed by atoms with Gasteiger partial charge in [0.1, 0.15) is 0 Å². The average Bonchev–Trinajstić information content (AvgIpc) is 2.01. The number of carbonyl (C=O) groups is 2. The third-order valence-electron chi connectivity index (χ3n) is 1.17. The Hall–Kier alpha value is -1.12. The van der Waals surface area contributed by atoms with Gasteiger partial charge in [-0.25, -0.2) is 0 Å². The van der Waals surface area contributed by atoms with Crippen LogP contribution in [0.3, 0.4) is 0 Å². The van der Waals surface area contributed by atoms with Crippen molar-refractivity contribution in [2.45, 2.75) is 20.3 Å². The maximum Gasteiger partial charge on any atom is 0.244 e. The summed E-state index contributed by atoms with van der Waals surface area (Å²) in [5.41, 5.74) is 0. The highest BCUT2D eigenvalue weighted by Crippen LogP contribution is 1.78. The molecule has 0 saturated heterocycles. The topological polar surface area (TPSA) is 46.2 Å². The Balaban J connectivity index is 3.54. The molecule has 11 heavy (non-hydrogen) atoms. The average molecular weight is 155 g/mol. The number of hydrogen-bond donors (Lipinski definition) is 1. The minimum Gasteiger partial charge on any atom is -0.345 e. The van der Waals surface area contributed by atoms with E-state index in [1.807, 2.05) is 0 Å². The second kappa shape index (κ2) is 5.65. The smallest absolute Gasteiger partial charge is 0.244 e. The van der Waals surface area contributed by atoms with Crippen molar-refractivity contribution in [3.8, 4) is 0 Å². The molecule has 0 atom stereocenters. The van der Waals surface area contributed by atoms with Crippen molar-refractivity contribution in [1.82, 2.24) is 5.32 Å². The summed E-state index contributed by atoms with van der Waals surface area (Å²) in [6.07, 6.45) is 3.49. The summed E-state index contributed by atoms with van der Waals surface area (Å²) in [7, 11) is 0. The van der Waals surface area contributed by atoms with Crippen LogP contribution in [-0.2, 0) is 9.59 Å². The van der Waals surface area contributed by atoms with Crippen molar-refractivity contribution in [2.75, 3.05) is 6.54 Å². The van der Waals surface area contributed by atoms with E-state index in [0.717, 1.165) is 0 Å². The van der Waals surface area contributed by atoms with E-state index in [2.05, 4.69) is 5.32 Å². The third kappa shape index (κ3) is 5.33. The fourth-order valence-corrected chi connectivity index (χ4v) is 0.521. The van der Waals surface area contributed by atoms with Crippen molar-refractivity contribution in [3.63, 3.8) is 0 Å². The van der Waals surface area contributed by atoms with Gasteiger partial charge < -0.3 is 5.32 Å². The molecule has 0 aromatic heterocycles. The highest BCUT2D eigenvalue weighted by Gasteiger charge is 1.98. The zero-order valence-electron chi connectivity index (χ0n) is 6.89. The van der Waals surface area contributed by atoms with Crippen molar-refractivity contribution in [3.05, 3.63) is 12.2 Å². The number of allylic oxidation sites excluding steroid dienone is 1. The lowest BCUT2D eigenvalue weighted by Crippen LogP contribution is -2.27. The molecule has 1 amide bonds. The molecule has 0 heterocycles. The monoisotopic (exact) mass is 155 g/mol. The van der Waals surface area contributed by atoms with Crippen molar-refractivity contribution < 1.29 is 9.59 Å². The van der Waals surface area contributed by atoms with Crippen LogP contribution in [0, 0.1) is 0 Å². The minimum atomic E-state index is -0.214. The second-order valence-corrected chi connectivity index (χ2v) is 2.11. The van der Waals surface area contributed by atoms with Crippen LogP contribution in [0.2, 0.25) is 0 Å². The van der Waals surface area contributed by atoms with Crippen LogP contribution in [0.1, 0.15) is 20.3 Å². The maximum absolute atomic E-state index is 10.7. The molecule has 0 radical (unpaired) electrons. The number of ketones is 1. The number of Topliss-reactive ketones (excluding diaryl/α,β-unsaturated/α-hetero) is 1. The van der Waals surface area contributed by atoms with Crippen molar-refractivity contribution >= 4 is 11.7 Å². The molecule has 0 aromatic carbocycles. The predicted octanol–water partition coefficient (Wildman–Crippen LogP) is 0.658. The first-order valence-corrected chi connectivity index (χ1v) is 3.63. The van der Waals surface area contributed by atoms with Gasteiger partial charge in [0.25, 0.3) is 0 Å². The van der Waals surface area contributed by atoms with Crippen LogP contribution < -0.4 is 5.32 Å². The summed E-state index contributed by atoms with van der Waals surface area (Å²) in [5, 5.41) is 2.46. The Morgan fingerprint density at radius 3 is 2.55 bits per heavy atom. The van der Waals surface area contributed by atoms with E-state index < -0.39 is 0 Å². The summed E-state index contributed by atoms with van der Waals surface area (Å²) in [4.78, 5) is 21.4. The molecule has 0 aromatic rings. The standard InChI is InChI=1S/C8H13NO2/c1-3-5-8(11)9-6-7(10)4-2/h3,5H,4,6H2,1-2H3,(H,9,11)/b5-3-. The summed E-state index contributed by atoms with van der Waals surface area (Å²) < 4.78 is 0. The fourth-order valence-electron chi connectivity index (χ4n) is 0.521. The molecular formula is C8H13NO2. The van der Waals surface area contributed by atoms with Gasteiger partial charge in [-0.1, -0.05) is 13.0 Å². The molecule has 3 heteroatoms. The highest BCUT2D eigenvalue weighted by molar-refractivity contribution is 5.91. The van der Waals surface area contributed by atoms with Gasteiger partial charge in [-0.2, -0.15) is 0 Å². The second-order valence-electron chi connectivity index (χ2n) is 2.11. The lowest BCUT2D eigenvalue weighted by Gasteiger charge is -1.97. The summed E-state index contributed by atoms with van der Waals surface area (Å²) >= 11 is 0. The number of hydrogen-bond acceptors (Lipinski definition) is 2. The van der Waals surface area contributed by atoms with Crippen LogP contribution in [0.25, 0.3) is 0 Å². The van der Waals surface area contributed by atoms with Crippen LogP contribution in [-0.4, -0.2) is 18.2 Å².